The van der Waals surface area contributed by atoms with Gasteiger partial charge < -0.3 is 19.4 Å². The van der Waals surface area contributed by atoms with E-state index in [9.17, 15) is 4.79 Å². The van der Waals surface area contributed by atoms with Gasteiger partial charge in [-0.25, -0.2) is 0 Å². The molecule has 0 saturated heterocycles. The number of thiophene rings is 1. The number of rotatable bonds is 6. The minimum atomic E-state index is -0.198. The van der Waals surface area contributed by atoms with Crippen LogP contribution < -0.4 is 10.1 Å². The SMILES string of the molecule is COc1ccc2oc(C(=O)NC[C@H](c3cccs3)N(C)C)c(C)c2c1. The van der Waals surface area contributed by atoms with E-state index in [0.717, 1.165) is 16.7 Å². The molecule has 132 valence electrons. The van der Waals surface area contributed by atoms with Gasteiger partial charge in [-0.2, -0.15) is 0 Å². The molecule has 2 heterocycles. The molecule has 0 unspecified atom stereocenters. The first-order valence-corrected chi connectivity index (χ1v) is 8.94. The molecule has 1 amide bonds. The number of fused-ring (bicyclic) bond motifs is 1. The smallest absolute Gasteiger partial charge is 0.287 e. The number of carbonyl (C=O) groups is 1. The number of benzene rings is 1. The molecule has 3 rings (SSSR count). The third-order valence-electron chi connectivity index (χ3n) is 4.30. The zero-order chi connectivity index (χ0) is 18.0. The van der Waals surface area contributed by atoms with Gasteiger partial charge >= 0.3 is 0 Å². The summed E-state index contributed by atoms with van der Waals surface area (Å²) >= 11 is 1.69. The van der Waals surface area contributed by atoms with E-state index in [1.54, 1.807) is 18.4 Å². The molecule has 3 aromatic rings. The highest BCUT2D eigenvalue weighted by atomic mass is 32.1. The Kier molecular flexibility index (Phi) is 5.11. The summed E-state index contributed by atoms with van der Waals surface area (Å²) in [6.45, 7) is 2.41. The van der Waals surface area contributed by atoms with E-state index in [1.807, 2.05) is 50.7 Å². The summed E-state index contributed by atoms with van der Waals surface area (Å²) in [6, 6.07) is 9.78. The third-order valence-corrected chi connectivity index (χ3v) is 5.27. The van der Waals surface area contributed by atoms with Gasteiger partial charge in [-0.3, -0.25) is 4.79 Å². The highest BCUT2D eigenvalue weighted by Crippen LogP contribution is 2.29. The number of methoxy groups -OCH3 is 1. The molecule has 1 aromatic carbocycles. The maximum Gasteiger partial charge on any atom is 0.287 e. The van der Waals surface area contributed by atoms with Crippen molar-refractivity contribution in [2.45, 2.75) is 13.0 Å². The Bertz CT molecular complexity index is 868. The van der Waals surface area contributed by atoms with Crippen LogP contribution in [0.15, 0.2) is 40.1 Å². The molecule has 0 radical (unpaired) electrons. The van der Waals surface area contributed by atoms with Gasteiger partial charge in [0.25, 0.3) is 5.91 Å². The lowest BCUT2D eigenvalue weighted by atomic mass is 10.1. The van der Waals surface area contributed by atoms with Crippen molar-refractivity contribution < 1.29 is 13.9 Å². The van der Waals surface area contributed by atoms with Crippen LogP contribution in [-0.2, 0) is 0 Å². The Hall–Kier alpha value is -2.31. The molecular formula is C19H22N2O3S. The van der Waals surface area contributed by atoms with Gasteiger partial charge in [-0.15, -0.1) is 11.3 Å². The molecule has 1 atom stereocenters. The molecule has 0 fully saturated rings. The number of furan rings is 1. The summed E-state index contributed by atoms with van der Waals surface area (Å²) in [7, 11) is 5.64. The fraction of sp³-hybridized carbons (Fsp3) is 0.316. The molecule has 1 N–H and O–H groups in total. The molecule has 0 saturated carbocycles. The van der Waals surface area contributed by atoms with Crippen molar-refractivity contribution in [1.29, 1.82) is 0 Å². The minimum absolute atomic E-state index is 0.133. The van der Waals surface area contributed by atoms with E-state index in [1.165, 1.54) is 4.88 Å². The Morgan fingerprint density at radius 1 is 1.36 bits per heavy atom. The maximum absolute atomic E-state index is 12.6. The largest absolute Gasteiger partial charge is 0.497 e. The second-order valence-corrected chi connectivity index (χ2v) is 7.10. The van der Waals surface area contributed by atoms with Crippen molar-refractivity contribution in [3.8, 4) is 5.75 Å². The van der Waals surface area contributed by atoms with Crippen LogP contribution >= 0.6 is 11.3 Å². The lowest BCUT2D eigenvalue weighted by Gasteiger charge is -2.23. The van der Waals surface area contributed by atoms with Crippen LogP contribution in [-0.4, -0.2) is 38.6 Å². The van der Waals surface area contributed by atoms with E-state index < -0.39 is 0 Å². The first-order chi connectivity index (χ1) is 12.0. The Labute approximate surface area is 151 Å². The van der Waals surface area contributed by atoms with Crippen LogP contribution in [0.5, 0.6) is 5.75 Å². The van der Waals surface area contributed by atoms with E-state index in [2.05, 4.69) is 16.3 Å². The summed E-state index contributed by atoms with van der Waals surface area (Å²) in [6.07, 6.45) is 0. The second-order valence-electron chi connectivity index (χ2n) is 6.12. The van der Waals surface area contributed by atoms with Gasteiger partial charge in [0.2, 0.25) is 0 Å². The average molecular weight is 358 g/mol. The number of amides is 1. The van der Waals surface area contributed by atoms with E-state index in [-0.39, 0.29) is 11.9 Å². The van der Waals surface area contributed by atoms with Crippen LogP contribution in [0.3, 0.4) is 0 Å². The zero-order valence-corrected chi connectivity index (χ0v) is 15.6. The highest BCUT2D eigenvalue weighted by molar-refractivity contribution is 7.10. The molecule has 0 aliphatic carbocycles. The molecule has 0 aliphatic rings. The molecule has 0 spiro atoms. The number of aryl methyl sites for hydroxylation is 1. The number of nitrogens with zero attached hydrogens (tertiary/aromatic N) is 1. The van der Waals surface area contributed by atoms with Crippen molar-refractivity contribution in [1.82, 2.24) is 10.2 Å². The quantitative estimate of drug-likeness (QED) is 0.727. The van der Waals surface area contributed by atoms with Crippen molar-refractivity contribution in [2.75, 3.05) is 27.7 Å². The number of hydrogen-bond donors (Lipinski definition) is 1. The van der Waals surface area contributed by atoms with Gasteiger partial charge in [0, 0.05) is 22.4 Å². The van der Waals surface area contributed by atoms with Gasteiger partial charge in [0.15, 0.2) is 5.76 Å². The van der Waals surface area contributed by atoms with Gasteiger partial charge in [-0.1, -0.05) is 6.07 Å². The number of ether oxygens (including phenoxy) is 1. The lowest BCUT2D eigenvalue weighted by molar-refractivity contribution is 0.0916. The van der Waals surface area contributed by atoms with E-state index in [0.29, 0.717) is 17.9 Å². The van der Waals surface area contributed by atoms with Crippen molar-refractivity contribution in [3.63, 3.8) is 0 Å². The average Bonchev–Trinajstić information content (AvgIpc) is 3.23. The summed E-state index contributed by atoms with van der Waals surface area (Å²) < 4.78 is 11.0. The number of hydrogen-bond acceptors (Lipinski definition) is 5. The molecule has 25 heavy (non-hydrogen) atoms. The first kappa shape index (κ1) is 17.5. The Morgan fingerprint density at radius 2 is 2.16 bits per heavy atom. The van der Waals surface area contributed by atoms with Gasteiger partial charge in [-0.05, 0) is 50.7 Å². The van der Waals surface area contributed by atoms with Crippen LogP contribution in [0.25, 0.3) is 11.0 Å². The third kappa shape index (κ3) is 3.55. The zero-order valence-electron chi connectivity index (χ0n) is 14.8. The molecule has 0 bridgehead atoms. The highest BCUT2D eigenvalue weighted by Gasteiger charge is 2.21. The van der Waals surface area contributed by atoms with Crippen molar-refractivity contribution in [2.24, 2.45) is 0 Å². The van der Waals surface area contributed by atoms with Crippen molar-refractivity contribution >= 4 is 28.2 Å². The van der Waals surface area contributed by atoms with Crippen molar-refractivity contribution in [3.05, 3.63) is 51.9 Å². The molecule has 2 aromatic heterocycles. The second kappa shape index (κ2) is 7.29. The molecule has 0 aliphatic heterocycles. The molecular weight excluding hydrogens is 336 g/mol. The van der Waals surface area contributed by atoms with E-state index in [4.69, 9.17) is 9.15 Å². The van der Waals surface area contributed by atoms with Crippen LogP contribution in [0.4, 0.5) is 0 Å². The standard InChI is InChI=1S/C19H22N2O3S/c1-12-14-10-13(23-4)7-8-16(14)24-18(12)19(22)20-11-15(21(2)3)17-6-5-9-25-17/h5-10,15H,11H2,1-4H3,(H,20,22)/t15-/m1/s1. The van der Waals surface area contributed by atoms with E-state index >= 15 is 0 Å². The van der Waals surface area contributed by atoms with Crippen LogP contribution in [0, 0.1) is 6.92 Å². The molecule has 5 nitrogen and oxygen atoms in total. The summed E-state index contributed by atoms with van der Waals surface area (Å²) in [5.41, 5.74) is 1.51. The number of nitrogens with one attached hydrogen (secondary N) is 1. The minimum Gasteiger partial charge on any atom is -0.497 e. The summed E-state index contributed by atoms with van der Waals surface area (Å²) in [5, 5.41) is 5.94. The first-order valence-electron chi connectivity index (χ1n) is 8.06. The predicted octanol–water partition coefficient (Wildman–Crippen LogP) is 3.84. The maximum atomic E-state index is 12.6. The molecule has 6 heteroatoms. The number of likely N-dealkylation sites (N-methyl/N-ethyl adjacent to an activating group) is 1. The topological polar surface area (TPSA) is 54.7 Å². The fourth-order valence-electron chi connectivity index (χ4n) is 2.83. The fourth-order valence-corrected chi connectivity index (χ4v) is 3.75. The normalized spacial score (nSPS) is 12.5. The lowest BCUT2D eigenvalue weighted by Crippen LogP contribution is -2.34. The monoisotopic (exact) mass is 358 g/mol. The summed E-state index contributed by atoms with van der Waals surface area (Å²) in [4.78, 5) is 16.0. The predicted molar refractivity (Wildman–Crippen MR) is 101 cm³/mol. The van der Waals surface area contributed by atoms with Gasteiger partial charge in [0.05, 0.1) is 13.2 Å². The number of carbonyl (C=O) groups excluding carboxylic acids is 1. The van der Waals surface area contributed by atoms with Gasteiger partial charge in [0.1, 0.15) is 11.3 Å². The Balaban J connectivity index is 1.79. The van der Waals surface area contributed by atoms with Crippen LogP contribution in [0.1, 0.15) is 27.0 Å². The Morgan fingerprint density at radius 3 is 2.80 bits per heavy atom. The van der Waals surface area contributed by atoms with Crippen LogP contribution in [0.2, 0.25) is 0 Å². The summed E-state index contributed by atoms with van der Waals surface area (Å²) in [5.74, 6) is 0.900.